The number of hydrogen-bond donors (Lipinski definition) is 4. The molecule has 0 aliphatic heterocycles. The summed E-state index contributed by atoms with van der Waals surface area (Å²) in [4.78, 5) is 40.8. The van der Waals surface area contributed by atoms with Gasteiger partial charge in [0.05, 0.1) is 56.9 Å². The predicted octanol–water partition coefficient (Wildman–Crippen LogP) is 3.13. The zero-order valence-corrected chi connectivity index (χ0v) is 26.2. The molecule has 0 fully saturated rings. The van der Waals surface area contributed by atoms with Crippen LogP contribution in [-0.4, -0.2) is 69.9 Å². The Morgan fingerprint density at radius 2 is 1.41 bits per heavy atom. The second-order valence-electron chi connectivity index (χ2n) is 10.9. The number of aliphatic hydroxyl groups excluding tert-OH is 1. The van der Waals surface area contributed by atoms with Crippen LogP contribution in [0.15, 0.2) is 27.3 Å². The predicted molar refractivity (Wildman–Crippen MR) is 172 cm³/mol. The third-order valence-corrected chi connectivity index (χ3v) is 9.46. The molecule has 0 saturated heterocycles. The van der Waals surface area contributed by atoms with Gasteiger partial charge in [-0.05, 0) is 19.2 Å². The van der Waals surface area contributed by atoms with Crippen molar-refractivity contribution in [2.24, 2.45) is 0 Å². The summed E-state index contributed by atoms with van der Waals surface area (Å²) >= 11 is 0. The molecule has 1 unspecified atom stereocenters. The van der Waals surface area contributed by atoms with Gasteiger partial charge in [0.2, 0.25) is 0 Å². The number of ether oxygens (including phenoxy) is 3. The molecule has 0 aromatic heterocycles. The summed E-state index contributed by atoms with van der Waals surface area (Å²) in [6, 6.07) is 2.33. The van der Waals surface area contributed by atoms with Gasteiger partial charge in [0.15, 0.2) is 28.1 Å². The van der Waals surface area contributed by atoms with Gasteiger partial charge in [0.1, 0.15) is 23.2 Å². The van der Waals surface area contributed by atoms with Crippen molar-refractivity contribution in [1.82, 2.24) is 0 Å². The van der Waals surface area contributed by atoms with Crippen LogP contribution in [0.25, 0.3) is 49.2 Å². The first-order valence-corrected chi connectivity index (χ1v) is 15.6. The molecule has 0 heterocycles. The highest BCUT2D eigenvalue weighted by atomic mass is 32.2. The Balaban J connectivity index is 2.00. The topological polar surface area (TPSA) is 195 Å². The fourth-order valence-corrected chi connectivity index (χ4v) is 7.55. The molecule has 0 bridgehead atoms. The highest BCUT2D eigenvalue weighted by Gasteiger charge is 2.37. The molecular weight excluding hydrogens is 622 g/mol. The van der Waals surface area contributed by atoms with Crippen LogP contribution in [0.5, 0.6) is 28.7 Å². The molecule has 240 valence electrons. The lowest BCUT2D eigenvalue weighted by molar-refractivity contribution is -0.117. The van der Waals surface area contributed by atoms with Crippen LogP contribution in [0.3, 0.4) is 0 Å². The van der Waals surface area contributed by atoms with E-state index in [1.807, 2.05) is 0 Å². The number of benzene rings is 5. The van der Waals surface area contributed by atoms with Crippen LogP contribution in [0.1, 0.15) is 30.9 Å². The quantitative estimate of drug-likeness (QED) is 0.0745. The smallest absolute Gasteiger partial charge is 0.285 e. The third-order valence-electron chi connectivity index (χ3n) is 8.43. The summed E-state index contributed by atoms with van der Waals surface area (Å²) in [6.45, 7) is 1.95. The Labute approximate surface area is 261 Å². The number of phenols is 2. The monoisotopic (exact) mass is 651 g/mol. The van der Waals surface area contributed by atoms with Crippen molar-refractivity contribution in [1.29, 1.82) is 0 Å². The molecular formula is C32H29NO12S. The average Bonchev–Trinajstić information content (AvgIpc) is 3.13. The fraction of sp³-hybridized carbons (Fsp3) is 0.281. The normalized spacial score (nSPS) is 14.7. The van der Waals surface area contributed by atoms with Crippen molar-refractivity contribution in [2.75, 3.05) is 45.7 Å². The molecule has 0 spiro atoms. The molecule has 1 atom stereocenters. The summed E-state index contributed by atoms with van der Waals surface area (Å²) in [5, 5.41) is 36.2. The zero-order valence-electron chi connectivity index (χ0n) is 25.4. The maximum absolute atomic E-state index is 13.7. The van der Waals surface area contributed by atoms with Gasteiger partial charge in [0, 0.05) is 50.2 Å². The van der Waals surface area contributed by atoms with Crippen molar-refractivity contribution >= 4 is 70.8 Å². The van der Waals surface area contributed by atoms with Crippen molar-refractivity contribution in [3.05, 3.63) is 49.3 Å². The number of aromatic hydroxyl groups is 2. The van der Waals surface area contributed by atoms with Gasteiger partial charge < -0.3 is 34.8 Å². The van der Waals surface area contributed by atoms with Crippen LogP contribution in [0.4, 0.5) is 5.69 Å². The van der Waals surface area contributed by atoms with E-state index in [2.05, 4.69) is 5.32 Å². The van der Waals surface area contributed by atoms with E-state index in [-0.39, 0.29) is 82.9 Å². The molecule has 0 saturated carbocycles. The van der Waals surface area contributed by atoms with Gasteiger partial charge in [-0.15, -0.1) is 0 Å². The summed E-state index contributed by atoms with van der Waals surface area (Å²) in [5.74, 6) is -3.33. The molecule has 5 aromatic rings. The first-order valence-electron chi connectivity index (χ1n) is 14.0. The molecule has 1 aliphatic carbocycles. The fourth-order valence-electron chi connectivity index (χ4n) is 6.81. The second kappa shape index (κ2) is 10.9. The molecule has 14 heteroatoms. The number of fused-ring (bicyclic) bond motifs is 1. The van der Waals surface area contributed by atoms with Crippen LogP contribution >= 0.6 is 0 Å². The van der Waals surface area contributed by atoms with Crippen LogP contribution in [-0.2, 0) is 19.1 Å². The molecule has 13 nitrogen and oxygen atoms in total. The molecule has 4 N–H and O–H groups in total. The van der Waals surface area contributed by atoms with E-state index in [0.717, 1.165) is 6.07 Å². The minimum atomic E-state index is -4.29. The highest BCUT2D eigenvalue weighted by molar-refractivity contribution is 7.86. The first kappa shape index (κ1) is 31.1. The largest absolute Gasteiger partial charge is 0.505 e. The van der Waals surface area contributed by atoms with Crippen molar-refractivity contribution < 1.29 is 46.9 Å². The SMILES string of the molecule is COc1c(O)c2c(=O)cc(OC)c3c4c(OC)cc(=O)c5c(O)c(NCS(=O)(=O)OCCO)c6c(c(c1C(C(C)=O)C(C)=C6)c23)c54. The van der Waals surface area contributed by atoms with Gasteiger partial charge >= 0.3 is 0 Å². The summed E-state index contributed by atoms with van der Waals surface area (Å²) in [6.07, 6.45) is 1.57. The zero-order chi connectivity index (χ0) is 33.4. The highest BCUT2D eigenvalue weighted by Crippen LogP contribution is 2.58. The average molecular weight is 652 g/mol. The Morgan fingerprint density at radius 1 is 0.848 bits per heavy atom. The molecule has 0 radical (unpaired) electrons. The lowest BCUT2D eigenvalue weighted by atomic mass is 9.80. The molecule has 6 rings (SSSR count). The molecule has 0 amide bonds. The number of rotatable bonds is 10. The Morgan fingerprint density at radius 3 is 1.93 bits per heavy atom. The number of ketones is 1. The van der Waals surface area contributed by atoms with Gasteiger partial charge in [-0.25, -0.2) is 0 Å². The van der Waals surface area contributed by atoms with Gasteiger partial charge in [-0.3, -0.25) is 18.6 Å². The maximum atomic E-state index is 13.7. The minimum Gasteiger partial charge on any atom is -0.505 e. The van der Waals surface area contributed by atoms with Crippen molar-refractivity contribution in [2.45, 2.75) is 19.8 Å². The third kappa shape index (κ3) is 4.21. The minimum absolute atomic E-state index is 0.0774. The lowest BCUT2D eigenvalue weighted by Gasteiger charge is -2.25. The number of methoxy groups -OCH3 is 3. The van der Waals surface area contributed by atoms with Crippen LogP contribution in [0.2, 0.25) is 0 Å². The van der Waals surface area contributed by atoms with Gasteiger partial charge in [-0.1, -0.05) is 11.6 Å². The number of phenolic OH excluding ortho intramolecular Hbond substituents is 2. The van der Waals surface area contributed by atoms with Crippen LogP contribution in [0, 0.1) is 0 Å². The first-order chi connectivity index (χ1) is 21.8. The summed E-state index contributed by atoms with van der Waals surface area (Å²) < 4.78 is 47.0. The number of nitrogens with one attached hydrogen (secondary N) is 1. The van der Waals surface area contributed by atoms with Crippen molar-refractivity contribution in [3.63, 3.8) is 0 Å². The molecule has 46 heavy (non-hydrogen) atoms. The van der Waals surface area contributed by atoms with E-state index in [1.54, 1.807) is 13.0 Å². The maximum Gasteiger partial charge on any atom is 0.285 e. The molecule has 1 aliphatic rings. The number of hydrogen-bond acceptors (Lipinski definition) is 13. The Bertz CT molecular complexity index is 2380. The number of Topliss-reactive ketones (excluding diaryl/α,β-unsaturated/α-hetero) is 1. The van der Waals surface area contributed by atoms with Crippen LogP contribution < -0.4 is 30.4 Å². The van der Waals surface area contributed by atoms with E-state index in [1.165, 1.54) is 34.3 Å². The number of carbonyl (C=O) groups excluding carboxylic acids is 1. The number of aliphatic hydroxyl groups is 1. The molecule has 5 aromatic carbocycles. The number of allylic oxidation sites excluding steroid dienone is 1. The Kier molecular flexibility index (Phi) is 7.34. The van der Waals surface area contributed by atoms with Crippen molar-refractivity contribution in [3.8, 4) is 28.7 Å². The van der Waals surface area contributed by atoms with E-state index in [0.29, 0.717) is 5.57 Å². The Hall–Kier alpha value is -4.92. The summed E-state index contributed by atoms with van der Waals surface area (Å²) in [5.41, 5.74) is -0.639. The second-order valence-corrected chi connectivity index (χ2v) is 12.6. The van der Waals surface area contributed by atoms with Gasteiger partial charge in [0.25, 0.3) is 10.1 Å². The van der Waals surface area contributed by atoms with E-state index >= 15 is 0 Å². The number of anilines is 1. The summed E-state index contributed by atoms with van der Waals surface area (Å²) in [7, 11) is -0.313. The van der Waals surface area contributed by atoms with E-state index < -0.39 is 57.5 Å². The van der Waals surface area contributed by atoms with E-state index in [4.69, 9.17) is 23.5 Å². The standard InChI is InChI=1S/C32H29NO12S/c1-12-8-14-20-25-21(30(38)29(14)33-11-46(40,41)45-7-6-34)15(36)9-17(42-3)23(25)24-18(43-4)10-16(37)22-27(24)26(20)28(19(12)13(2)35)32(44-5)31(22)39/h8-10,19,33-34,38-39H,6-7,11H2,1-5H3. The van der Waals surface area contributed by atoms with E-state index in [9.17, 15) is 33.0 Å². The van der Waals surface area contributed by atoms with Gasteiger partial charge in [-0.2, -0.15) is 8.42 Å². The lowest BCUT2D eigenvalue weighted by Crippen LogP contribution is -2.19. The number of carbonyl (C=O) groups is 1.